The van der Waals surface area contributed by atoms with Crippen molar-refractivity contribution in [3.63, 3.8) is 0 Å². The van der Waals surface area contributed by atoms with Crippen LogP contribution in [0.1, 0.15) is 10.4 Å². The third-order valence-electron chi connectivity index (χ3n) is 4.07. The standard InChI is InChI=1S/C18H17N3O2S/c22-18-15(17(20-23-18)13-4-2-1-3-5-13)12-14-6-7-16(24-14)21-10-8-19-9-11-21/h1-7,12,19H,8-11H2/b15-12-. The number of piperazine rings is 1. The predicted molar refractivity (Wildman–Crippen MR) is 96.4 cm³/mol. The van der Waals surface area contributed by atoms with Gasteiger partial charge in [0.2, 0.25) is 0 Å². The molecule has 1 N–H and O–H groups in total. The molecular weight excluding hydrogens is 322 g/mol. The van der Waals surface area contributed by atoms with Crippen molar-refractivity contribution >= 4 is 34.1 Å². The number of hydrogen-bond donors (Lipinski definition) is 1. The molecule has 0 atom stereocenters. The Bertz CT molecular complexity index is 805. The number of thiophene rings is 1. The van der Waals surface area contributed by atoms with Gasteiger partial charge in [-0.2, -0.15) is 0 Å². The molecule has 6 heteroatoms. The van der Waals surface area contributed by atoms with E-state index in [4.69, 9.17) is 4.84 Å². The zero-order chi connectivity index (χ0) is 16.4. The van der Waals surface area contributed by atoms with E-state index in [0.717, 1.165) is 36.6 Å². The van der Waals surface area contributed by atoms with E-state index in [2.05, 4.69) is 21.4 Å². The molecule has 0 unspecified atom stereocenters. The van der Waals surface area contributed by atoms with Gasteiger partial charge in [-0.3, -0.25) is 0 Å². The molecule has 1 saturated heterocycles. The fraction of sp³-hybridized carbons (Fsp3) is 0.222. The maximum Gasteiger partial charge on any atom is 0.368 e. The summed E-state index contributed by atoms with van der Waals surface area (Å²) in [5, 5.41) is 8.53. The minimum atomic E-state index is -0.397. The number of rotatable bonds is 3. The summed E-state index contributed by atoms with van der Waals surface area (Å²) < 4.78 is 0. The van der Waals surface area contributed by atoms with Gasteiger partial charge in [-0.15, -0.1) is 11.3 Å². The molecule has 2 aliphatic rings. The fourth-order valence-corrected chi connectivity index (χ4v) is 3.83. The van der Waals surface area contributed by atoms with E-state index in [1.54, 1.807) is 11.3 Å². The smallest absolute Gasteiger partial charge is 0.361 e. The summed E-state index contributed by atoms with van der Waals surface area (Å²) in [4.78, 5) is 20.3. The Balaban J connectivity index is 1.61. The predicted octanol–water partition coefficient (Wildman–Crippen LogP) is 2.50. The summed E-state index contributed by atoms with van der Waals surface area (Å²) in [5.74, 6) is -0.397. The van der Waals surface area contributed by atoms with E-state index in [-0.39, 0.29) is 0 Å². The van der Waals surface area contributed by atoms with E-state index in [1.165, 1.54) is 5.00 Å². The Morgan fingerprint density at radius 2 is 1.92 bits per heavy atom. The Morgan fingerprint density at radius 3 is 2.71 bits per heavy atom. The van der Waals surface area contributed by atoms with Crippen molar-refractivity contribution in [3.8, 4) is 0 Å². The molecule has 0 bridgehead atoms. The van der Waals surface area contributed by atoms with Crippen molar-refractivity contribution in [2.75, 3.05) is 31.1 Å². The Labute approximate surface area is 144 Å². The lowest BCUT2D eigenvalue weighted by atomic mass is 10.0. The highest BCUT2D eigenvalue weighted by atomic mass is 32.1. The van der Waals surface area contributed by atoms with Gasteiger partial charge in [-0.1, -0.05) is 35.5 Å². The van der Waals surface area contributed by atoms with Gasteiger partial charge in [0, 0.05) is 36.6 Å². The first-order valence-corrected chi connectivity index (χ1v) is 8.75. The summed E-state index contributed by atoms with van der Waals surface area (Å²) in [6.07, 6.45) is 1.87. The number of oxime groups is 1. The van der Waals surface area contributed by atoms with Crippen LogP contribution in [0.15, 0.2) is 53.2 Å². The van der Waals surface area contributed by atoms with E-state index in [0.29, 0.717) is 11.3 Å². The molecule has 1 fully saturated rings. The molecule has 122 valence electrons. The van der Waals surface area contributed by atoms with Gasteiger partial charge in [0.1, 0.15) is 5.71 Å². The summed E-state index contributed by atoms with van der Waals surface area (Å²) in [7, 11) is 0. The van der Waals surface area contributed by atoms with Gasteiger partial charge >= 0.3 is 5.97 Å². The zero-order valence-electron chi connectivity index (χ0n) is 13.1. The van der Waals surface area contributed by atoms with Gasteiger partial charge < -0.3 is 15.1 Å². The number of hydrogen-bond acceptors (Lipinski definition) is 6. The second-order valence-corrected chi connectivity index (χ2v) is 6.75. The van der Waals surface area contributed by atoms with Gasteiger partial charge in [0.25, 0.3) is 0 Å². The van der Waals surface area contributed by atoms with Crippen LogP contribution in [0, 0.1) is 0 Å². The van der Waals surface area contributed by atoms with Gasteiger partial charge in [-0.05, 0) is 18.2 Å². The molecule has 5 nitrogen and oxygen atoms in total. The number of carbonyl (C=O) groups is 1. The van der Waals surface area contributed by atoms with Crippen molar-refractivity contribution in [1.82, 2.24) is 5.32 Å². The van der Waals surface area contributed by atoms with Crippen LogP contribution in [0.25, 0.3) is 6.08 Å². The van der Waals surface area contributed by atoms with Gasteiger partial charge in [-0.25, -0.2) is 4.79 Å². The first kappa shape index (κ1) is 15.1. The van der Waals surface area contributed by atoms with Crippen LogP contribution >= 0.6 is 11.3 Å². The van der Waals surface area contributed by atoms with Gasteiger partial charge in [0.15, 0.2) is 0 Å². The number of nitrogens with zero attached hydrogens (tertiary/aromatic N) is 2. The second-order valence-electron chi connectivity index (χ2n) is 5.66. The number of nitrogens with one attached hydrogen (secondary N) is 1. The maximum atomic E-state index is 12.1. The fourth-order valence-electron chi connectivity index (χ4n) is 2.83. The highest BCUT2D eigenvalue weighted by Gasteiger charge is 2.27. The van der Waals surface area contributed by atoms with Crippen LogP contribution < -0.4 is 10.2 Å². The minimum absolute atomic E-state index is 0.397. The van der Waals surface area contributed by atoms with E-state index >= 15 is 0 Å². The largest absolute Gasteiger partial charge is 0.368 e. The molecule has 0 amide bonds. The average molecular weight is 339 g/mol. The third-order valence-corrected chi connectivity index (χ3v) is 5.16. The molecule has 1 aromatic carbocycles. The van der Waals surface area contributed by atoms with Crippen molar-refractivity contribution in [1.29, 1.82) is 0 Å². The number of carbonyl (C=O) groups excluding carboxylic acids is 1. The molecule has 2 aromatic rings. The molecule has 0 radical (unpaired) electrons. The first-order valence-electron chi connectivity index (χ1n) is 7.93. The lowest BCUT2D eigenvalue weighted by Crippen LogP contribution is -2.43. The molecule has 1 aromatic heterocycles. The highest BCUT2D eigenvalue weighted by Crippen LogP contribution is 2.29. The van der Waals surface area contributed by atoms with Crippen LogP contribution in [0.2, 0.25) is 0 Å². The van der Waals surface area contributed by atoms with Crippen LogP contribution in [-0.4, -0.2) is 37.9 Å². The summed E-state index contributed by atoms with van der Waals surface area (Å²) in [6, 6.07) is 13.8. The Hall–Kier alpha value is -2.44. The normalized spacial score (nSPS) is 19.5. The number of anilines is 1. The van der Waals surface area contributed by atoms with E-state index in [9.17, 15) is 4.79 Å². The van der Waals surface area contributed by atoms with Crippen molar-refractivity contribution in [2.24, 2.45) is 5.16 Å². The molecule has 0 spiro atoms. The topological polar surface area (TPSA) is 53.9 Å². The van der Waals surface area contributed by atoms with Crippen LogP contribution in [0.3, 0.4) is 0 Å². The zero-order valence-corrected chi connectivity index (χ0v) is 13.9. The first-order chi connectivity index (χ1) is 11.8. The highest BCUT2D eigenvalue weighted by molar-refractivity contribution is 7.17. The minimum Gasteiger partial charge on any atom is -0.361 e. The molecule has 4 rings (SSSR count). The Kier molecular flexibility index (Phi) is 4.15. The molecule has 0 saturated carbocycles. The SMILES string of the molecule is O=C1ON=C(c2ccccc2)/C1=C/c1ccc(N2CCNCC2)s1. The monoisotopic (exact) mass is 339 g/mol. The third kappa shape index (κ3) is 2.98. The van der Waals surface area contributed by atoms with Crippen molar-refractivity contribution < 1.29 is 9.63 Å². The molecule has 2 aliphatic heterocycles. The molecule has 0 aliphatic carbocycles. The van der Waals surface area contributed by atoms with E-state index in [1.807, 2.05) is 42.5 Å². The summed E-state index contributed by atoms with van der Waals surface area (Å²) in [5.41, 5.74) is 1.99. The van der Waals surface area contributed by atoms with E-state index < -0.39 is 5.97 Å². The molecule has 24 heavy (non-hydrogen) atoms. The molecular formula is C18H17N3O2S. The quantitative estimate of drug-likeness (QED) is 0.690. The summed E-state index contributed by atoms with van der Waals surface area (Å²) in [6.45, 7) is 4.03. The Morgan fingerprint density at radius 1 is 1.12 bits per heavy atom. The van der Waals surface area contributed by atoms with Crippen LogP contribution in [0.5, 0.6) is 0 Å². The molecule has 3 heterocycles. The maximum absolute atomic E-state index is 12.1. The van der Waals surface area contributed by atoms with Crippen molar-refractivity contribution in [3.05, 3.63) is 58.5 Å². The van der Waals surface area contributed by atoms with Crippen LogP contribution in [0.4, 0.5) is 5.00 Å². The average Bonchev–Trinajstić information content (AvgIpc) is 3.25. The van der Waals surface area contributed by atoms with Gasteiger partial charge in [0.05, 0.1) is 10.6 Å². The lowest BCUT2D eigenvalue weighted by Gasteiger charge is -2.27. The van der Waals surface area contributed by atoms with Crippen LogP contribution in [-0.2, 0) is 9.63 Å². The van der Waals surface area contributed by atoms with Crippen molar-refractivity contribution in [2.45, 2.75) is 0 Å². The lowest BCUT2D eigenvalue weighted by molar-refractivity contribution is -0.136. The number of benzene rings is 1. The summed E-state index contributed by atoms with van der Waals surface area (Å²) >= 11 is 1.68. The second kappa shape index (κ2) is 6.59.